The van der Waals surface area contributed by atoms with Crippen molar-refractivity contribution in [3.05, 3.63) is 41.2 Å². The molecule has 0 spiro atoms. The van der Waals surface area contributed by atoms with E-state index in [2.05, 4.69) is 10.1 Å². The van der Waals surface area contributed by atoms with Gasteiger partial charge in [-0.1, -0.05) is 29.0 Å². The first-order valence-electron chi connectivity index (χ1n) is 7.47. The summed E-state index contributed by atoms with van der Waals surface area (Å²) < 4.78 is 2.58. The molecule has 2 aromatic heterocycles. The number of benzene rings is 1. The molecule has 0 saturated heterocycles. The Morgan fingerprint density at radius 1 is 1.28 bits per heavy atom. The number of carbonyl (C=O) groups excluding carboxylic acids is 1. The normalized spacial score (nSPS) is 10.9. The van der Waals surface area contributed by atoms with E-state index in [9.17, 15) is 4.79 Å². The Balaban J connectivity index is 0.00000225. The van der Waals surface area contributed by atoms with Crippen molar-refractivity contribution in [2.75, 3.05) is 32.1 Å². The van der Waals surface area contributed by atoms with Crippen LogP contribution in [0.25, 0.3) is 10.2 Å². The smallest absolute Gasteiger partial charge is 0.280 e. The van der Waals surface area contributed by atoms with Gasteiger partial charge in [-0.15, -0.1) is 12.4 Å². The topological polar surface area (TPSA) is 54.3 Å². The molecular weight excluding hydrogens is 381 g/mol. The molecule has 0 atom stereocenters. The van der Waals surface area contributed by atoms with E-state index in [1.54, 1.807) is 35.0 Å². The first kappa shape index (κ1) is 19.7. The quantitative estimate of drug-likeness (QED) is 0.660. The van der Waals surface area contributed by atoms with Gasteiger partial charge in [0.05, 0.1) is 9.72 Å². The molecular formula is C16H19Cl2N5OS. The number of fused-ring (bicyclic) bond motifs is 1. The van der Waals surface area contributed by atoms with Gasteiger partial charge < -0.3 is 4.90 Å². The molecule has 3 aromatic rings. The molecule has 0 N–H and O–H groups in total. The largest absolute Gasteiger partial charge is 0.308 e. The fourth-order valence-electron chi connectivity index (χ4n) is 2.27. The number of hydrogen-bond acceptors (Lipinski definition) is 5. The second kappa shape index (κ2) is 8.14. The van der Waals surface area contributed by atoms with Gasteiger partial charge in [-0.05, 0) is 32.3 Å². The van der Waals surface area contributed by atoms with Gasteiger partial charge in [0, 0.05) is 26.3 Å². The van der Waals surface area contributed by atoms with Crippen LogP contribution in [0, 0.1) is 0 Å². The van der Waals surface area contributed by atoms with Crippen LogP contribution < -0.4 is 4.90 Å². The second-order valence-electron chi connectivity index (χ2n) is 5.72. The van der Waals surface area contributed by atoms with Gasteiger partial charge in [0.1, 0.15) is 5.52 Å². The van der Waals surface area contributed by atoms with Crippen LogP contribution in [0.2, 0.25) is 5.02 Å². The Labute approximate surface area is 161 Å². The number of halogens is 2. The lowest BCUT2D eigenvalue weighted by Gasteiger charge is -2.21. The number of carbonyl (C=O) groups is 1. The van der Waals surface area contributed by atoms with Crippen LogP contribution in [-0.4, -0.2) is 52.8 Å². The molecule has 0 radical (unpaired) electrons. The molecule has 9 heteroatoms. The van der Waals surface area contributed by atoms with Gasteiger partial charge in [-0.2, -0.15) is 5.10 Å². The molecule has 134 valence electrons. The molecule has 0 bridgehead atoms. The first-order chi connectivity index (χ1) is 11.5. The van der Waals surface area contributed by atoms with Gasteiger partial charge >= 0.3 is 0 Å². The van der Waals surface area contributed by atoms with Gasteiger partial charge in [0.25, 0.3) is 5.91 Å². The highest BCUT2D eigenvalue weighted by molar-refractivity contribution is 7.22. The Hall–Kier alpha value is -1.67. The van der Waals surface area contributed by atoms with Crippen molar-refractivity contribution in [2.24, 2.45) is 7.05 Å². The summed E-state index contributed by atoms with van der Waals surface area (Å²) in [6.45, 7) is 1.25. The number of nitrogens with zero attached hydrogens (tertiary/aromatic N) is 5. The van der Waals surface area contributed by atoms with Crippen molar-refractivity contribution < 1.29 is 4.79 Å². The third-order valence-electron chi connectivity index (χ3n) is 3.54. The molecule has 6 nitrogen and oxygen atoms in total. The fraction of sp³-hybridized carbons (Fsp3) is 0.312. The van der Waals surface area contributed by atoms with Crippen molar-refractivity contribution in [2.45, 2.75) is 0 Å². The highest BCUT2D eigenvalue weighted by Gasteiger charge is 2.23. The van der Waals surface area contributed by atoms with Gasteiger partial charge in [-0.25, -0.2) is 4.98 Å². The molecule has 0 fully saturated rings. The van der Waals surface area contributed by atoms with Crippen molar-refractivity contribution in [3.63, 3.8) is 0 Å². The van der Waals surface area contributed by atoms with Gasteiger partial charge in [0.2, 0.25) is 0 Å². The minimum atomic E-state index is -0.160. The average Bonchev–Trinajstić information content (AvgIpc) is 3.14. The summed E-state index contributed by atoms with van der Waals surface area (Å²) in [6, 6.07) is 7.36. The number of anilines is 1. The zero-order chi connectivity index (χ0) is 17.3. The number of rotatable bonds is 5. The molecule has 0 unspecified atom stereocenters. The van der Waals surface area contributed by atoms with Crippen LogP contribution in [-0.2, 0) is 7.05 Å². The minimum Gasteiger partial charge on any atom is -0.308 e. The lowest BCUT2D eigenvalue weighted by Crippen LogP contribution is -2.37. The van der Waals surface area contributed by atoms with E-state index in [1.165, 1.54) is 11.3 Å². The number of para-hydroxylation sites is 1. The van der Waals surface area contributed by atoms with Crippen molar-refractivity contribution in [1.82, 2.24) is 19.7 Å². The number of amides is 1. The molecule has 0 aliphatic carbocycles. The van der Waals surface area contributed by atoms with E-state index < -0.39 is 0 Å². The monoisotopic (exact) mass is 399 g/mol. The van der Waals surface area contributed by atoms with Crippen LogP contribution in [0.3, 0.4) is 0 Å². The van der Waals surface area contributed by atoms with Crippen molar-refractivity contribution in [3.8, 4) is 0 Å². The summed E-state index contributed by atoms with van der Waals surface area (Å²) in [5, 5.41) is 5.44. The molecule has 3 rings (SSSR count). The van der Waals surface area contributed by atoms with Crippen LogP contribution in [0.5, 0.6) is 0 Å². The van der Waals surface area contributed by atoms with Crippen molar-refractivity contribution in [1.29, 1.82) is 0 Å². The van der Waals surface area contributed by atoms with E-state index in [0.29, 0.717) is 22.4 Å². The van der Waals surface area contributed by atoms with Crippen LogP contribution >= 0.6 is 35.3 Å². The molecule has 0 aliphatic rings. The summed E-state index contributed by atoms with van der Waals surface area (Å²) >= 11 is 7.68. The average molecular weight is 400 g/mol. The number of thiazole rings is 1. The first-order valence-corrected chi connectivity index (χ1v) is 8.66. The Bertz CT molecular complexity index is 876. The third-order valence-corrected chi connectivity index (χ3v) is 4.89. The summed E-state index contributed by atoms with van der Waals surface area (Å²) in [4.78, 5) is 21.2. The lowest BCUT2D eigenvalue weighted by atomic mass is 10.3. The molecule has 2 heterocycles. The minimum absolute atomic E-state index is 0. The van der Waals surface area contributed by atoms with E-state index in [4.69, 9.17) is 11.6 Å². The fourth-order valence-corrected chi connectivity index (χ4v) is 3.56. The van der Waals surface area contributed by atoms with E-state index >= 15 is 0 Å². The van der Waals surface area contributed by atoms with E-state index in [1.807, 2.05) is 31.1 Å². The summed E-state index contributed by atoms with van der Waals surface area (Å²) in [7, 11) is 5.73. The van der Waals surface area contributed by atoms with Crippen LogP contribution in [0.15, 0.2) is 30.5 Å². The Morgan fingerprint density at radius 3 is 2.64 bits per heavy atom. The van der Waals surface area contributed by atoms with Gasteiger partial charge in [-0.3, -0.25) is 14.4 Å². The predicted molar refractivity (Wildman–Crippen MR) is 105 cm³/mol. The number of aryl methyl sites for hydroxylation is 1. The molecule has 0 aliphatic heterocycles. The molecule has 1 amide bonds. The number of hydrogen-bond donors (Lipinski definition) is 0. The molecule has 25 heavy (non-hydrogen) atoms. The second-order valence-corrected chi connectivity index (χ2v) is 7.13. The van der Waals surface area contributed by atoms with Crippen LogP contribution in [0.1, 0.15) is 10.5 Å². The van der Waals surface area contributed by atoms with E-state index in [-0.39, 0.29) is 18.3 Å². The highest BCUT2D eigenvalue weighted by Crippen LogP contribution is 2.33. The Morgan fingerprint density at radius 2 is 2.04 bits per heavy atom. The summed E-state index contributed by atoms with van der Waals surface area (Å²) in [5.41, 5.74) is 1.13. The van der Waals surface area contributed by atoms with Crippen LogP contribution in [0.4, 0.5) is 5.13 Å². The molecule has 0 saturated carbocycles. The summed E-state index contributed by atoms with van der Waals surface area (Å²) in [6.07, 6.45) is 1.76. The maximum absolute atomic E-state index is 12.9. The Kier molecular flexibility index (Phi) is 6.40. The van der Waals surface area contributed by atoms with Gasteiger partial charge in [0.15, 0.2) is 10.8 Å². The zero-order valence-corrected chi connectivity index (χ0v) is 16.5. The highest BCUT2D eigenvalue weighted by atomic mass is 35.5. The predicted octanol–water partition coefficient (Wildman–Crippen LogP) is 3.31. The maximum Gasteiger partial charge on any atom is 0.280 e. The third kappa shape index (κ3) is 4.30. The number of aromatic nitrogens is 3. The molecule has 1 aromatic carbocycles. The maximum atomic E-state index is 12.9. The van der Waals surface area contributed by atoms with E-state index in [0.717, 1.165) is 16.8 Å². The van der Waals surface area contributed by atoms with Crippen molar-refractivity contribution >= 4 is 56.6 Å². The summed E-state index contributed by atoms with van der Waals surface area (Å²) in [5.74, 6) is -0.160. The SMILES string of the molecule is CN(C)CCN(C(=O)c1ccn(C)n1)c1nc2c(Cl)cccc2s1.Cl. The number of likely N-dealkylation sites (N-methyl/N-ethyl adjacent to an activating group) is 1. The standard InChI is InChI=1S/C16H18ClN5OS.ClH/c1-20(2)9-10-22(15(23)12-7-8-21(3)19-12)16-18-14-11(17)5-4-6-13(14)24-16;/h4-8H,9-10H2,1-3H3;1H. The lowest BCUT2D eigenvalue weighted by molar-refractivity contribution is 0.0979. The zero-order valence-electron chi connectivity index (χ0n) is 14.1.